The lowest BCUT2D eigenvalue weighted by atomic mass is 10.1. The number of hydrogen-bond acceptors (Lipinski definition) is 3. The molecule has 0 heterocycles. The van der Waals surface area contributed by atoms with Crippen LogP contribution >= 0.6 is 15.9 Å². The molecule has 7 heteroatoms. The summed E-state index contributed by atoms with van der Waals surface area (Å²) in [5.74, 6) is -0.320. The Morgan fingerprint density at radius 3 is 2.63 bits per heavy atom. The molecular formula is C20H22BrFN2O3. The summed E-state index contributed by atoms with van der Waals surface area (Å²) in [4.78, 5) is 26.2. The van der Waals surface area contributed by atoms with E-state index in [0.717, 1.165) is 0 Å². The third kappa shape index (κ3) is 6.06. The minimum atomic E-state index is -0.353. The van der Waals surface area contributed by atoms with Crippen molar-refractivity contribution in [2.45, 2.75) is 19.8 Å². The first kappa shape index (κ1) is 20.9. The molecule has 0 aliphatic heterocycles. The summed E-state index contributed by atoms with van der Waals surface area (Å²) in [6.45, 7) is 2.12. The summed E-state index contributed by atoms with van der Waals surface area (Å²) in [6.07, 6.45) is 0.414. The predicted octanol–water partition coefficient (Wildman–Crippen LogP) is 4.02. The number of rotatable bonds is 8. The molecule has 0 aliphatic rings. The van der Waals surface area contributed by atoms with Gasteiger partial charge in [0.1, 0.15) is 11.6 Å². The quantitative estimate of drug-likeness (QED) is 0.679. The van der Waals surface area contributed by atoms with Crippen molar-refractivity contribution >= 4 is 33.4 Å². The second-order valence-electron chi connectivity index (χ2n) is 5.89. The highest BCUT2D eigenvalue weighted by Crippen LogP contribution is 2.23. The lowest BCUT2D eigenvalue weighted by Gasteiger charge is -2.21. The van der Waals surface area contributed by atoms with E-state index in [1.165, 1.54) is 18.1 Å². The van der Waals surface area contributed by atoms with E-state index in [-0.39, 0.29) is 37.0 Å². The van der Waals surface area contributed by atoms with Crippen molar-refractivity contribution < 1.29 is 18.7 Å². The highest BCUT2D eigenvalue weighted by molar-refractivity contribution is 9.10. The molecule has 1 N–H and O–H groups in total. The van der Waals surface area contributed by atoms with Crippen LogP contribution in [0.3, 0.4) is 0 Å². The molecule has 0 spiro atoms. The van der Waals surface area contributed by atoms with Gasteiger partial charge in [-0.05, 0) is 43.2 Å². The van der Waals surface area contributed by atoms with E-state index in [0.29, 0.717) is 28.0 Å². The van der Waals surface area contributed by atoms with Crippen molar-refractivity contribution in [1.82, 2.24) is 4.90 Å². The molecule has 2 rings (SSSR count). The number of nitrogens with one attached hydrogen (secondary N) is 1. The molecule has 0 saturated heterocycles. The summed E-state index contributed by atoms with van der Waals surface area (Å²) >= 11 is 3.21. The fraction of sp³-hybridized carbons (Fsp3) is 0.300. The van der Waals surface area contributed by atoms with Crippen molar-refractivity contribution in [1.29, 1.82) is 0 Å². The first-order valence-corrected chi connectivity index (χ1v) is 9.38. The topological polar surface area (TPSA) is 58.6 Å². The highest BCUT2D eigenvalue weighted by atomic mass is 79.9. The predicted molar refractivity (Wildman–Crippen MR) is 106 cm³/mol. The Kier molecular flexibility index (Phi) is 7.79. The Morgan fingerprint density at radius 1 is 1.22 bits per heavy atom. The largest absolute Gasteiger partial charge is 0.495 e. The first-order chi connectivity index (χ1) is 12.9. The zero-order valence-electron chi connectivity index (χ0n) is 15.3. The molecule has 0 radical (unpaired) electrons. The zero-order chi connectivity index (χ0) is 19.8. The number of carbonyl (C=O) groups is 2. The number of halogens is 2. The molecule has 0 aromatic heterocycles. The lowest BCUT2D eigenvalue weighted by molar-refractivity contribution is -0.134. The Hall–Kier alpha value is -2.41. The van der Waals surface area contributed by atoms with Gasteiger partial charge in [-0.25, -0.2) is 4.39 Å². The van der Waals surface area contributed by atoms with Crippen LogP contribution in [0.25, 0.3) is 0 Å². The molecule has 0 unspecified atom stereocenters. The van der Waals surface area contributed by atoms with Crippen molar-refractivity contribution in [2.75, 3.05) is 25.5 Å². The number of benzene rings is 2. The van der Waals surface area contributed by atoms with Gasteiger partial charge in [0.05, 0.1) is 19.3 Å². The molecular weight excluding hydrogens is 415 g/mol. The number of nitrogens with zero attached hydrogens (tertiary/aromatic N) is 1. The second kappa shape index (κ2) is 10.1. The second-order valence-corrected chi connectivity index (χ2v) is 6.81. The number of para-hydroxylation sites is 2. The van der Waals surface area contributed by atoms with E-state index in [2.05, 4.69) is 21.2 Å². The van der Waals surface area contributed by atoms with E-state index in [9.17, 15) is 14.0 Å². The monoisotopic (exact) mass is 436 g/mol. The summed E-state index contributed by atoms with van der Waals surface area (Å²) in [5, 5.41) is 2.75. The van der Waals surface area contributed by atoms with Gasteiger partial charge >= 0.3 is 0 Å². The molecule has 0 aliphatic carbocycles. The number of amides is 2. The Balaban J connectivity index is 1.93. The van der Waals surface area contributed by atoms with Gasteiger partial charge in [0, 0.05) is 17.4 Å². The minimum Gasteiger partial charge on any atom is -0.495 e. The van der Waals surface area contributed by atoms with E-state index >= 15 is 0 Å². The molecule has 2 aromatic carbocycles. The van der Waals surface area contributed by atoms with E-state index in [1.54, 1.807) is 43.3 Å². The van der Waals surface area contributed by atoms with Gasteiger partial charge in [-0.2, -0.15) is 0 Å². The van der Waals surface area contributed by atoms with Crippen LogP contribution in [-0.4, -0.2) is 36.9 Å². The summed E-state index contributed by atoms with van der Waals surface area (Å²) in [5.41, 5.74) is 1.02. The maximum absolute atomic E-state index is 13.9. The average molecular weight is 437 g/mol. The van der Waals surface area contributed by atoms with Gasteiger partial charge in [0.15, 0.2) is 0 Å². The molecule has 2 amide bonds. The third-order valence-corrected chi connectivity index (χ3v) is 4.57. The van der Waals surface area contributed by atoms with Crippen molar-refractivity contribution in [3.05, 3.63) is 58.3 Å². The SMILES string of the molecule is CCN(CC(=O)Nc1ccccc1OC)C(=O)CCc1ccc(Br)cc1F. The maximum atomic E-state index is 13.9. The highest BCUT2D eigenvalue weighted by Gasteiger charge is 2.17. The minimum absolute atomic E-state index is 0.0732. The number of hydrogen-bond donors (Lipinski definition) is 1. The van der Waals surface area contributed by atoms with Gasteiger partial charge in [-0.1, -0.05) is 34.1 Å². The molecule has 27 heavy (non-hydrogen) atoms. The Bertz CT molecular complexity index is 814. The lowest BCUT2D eigenvalue weighted by Crippen LogP contribution is -2.38. The molecule has 0 bridgehead atoms. The van der Waals surface area contributed by atoms with Gasteiger partial charge in [0.25, 0.3) is 0 Å². The third-order valence-electron chi connectivity index (χ3n) is 4.07. The van der Waals surface area contributed by atoms with Crippen molar-refractivity contribution in [3.63, 3.8) is 0 Å². The van der Waals surface area contributed by atoms with Crippen molar-refractivity contribution in [3.8, 4) is 5.75 Å². The van der Waals surface area contributed by atoms with Crippen LogP contribution in [0.2, 0.25) is 0 Å². The molecule has 0 atom stereocenters. The average Bonchev–Trinajstić information content (AvgIpc) is 2.65. The Labute approximate surface area is 166 Å². The standard InChI is InChI=1S/C20H22BrFN2O3/c1-3-24(13-19(25)23-17-6-4-5-7-18(17)27-2)20(26)11-9-14-8-10-15(21)12-16(14)22/h4-8,10,12H,3,9,11,13H2,1-2H3,(H,23,25). The molecule has 5 nitrogen and oxygen atoms in total. The smallest absolute Gasteiger partial charge is 0.244 e. The summed E-state index contributed by atoms with van der Waals surface area (Å²) in [7, 11) is 1.52. The fourth-order valence-corrected chi connectivity index (χ4v) is 2.94. The van der Waals surface area contributed by atoms with Gasteiger partial charge in [0.2, 0.25) is 11.8 Å². The van der Waals surface area contributed by atoms with Crippen LogP contribution in [0.5, 0.6) is 5.75 Å². The normalized spacial score (nSPS) is 10.4. The van der Waals surface area contributed by atoms with Crippen LogP contribution in [-0.2, 0) is 16.0 Å². The number of anilines is 1. The van der Waals surface area contributed by atoms with Gasteiger partial charge in [-0.15, -0.1) is 0 Å². The molecule has 2 aromatic rings. The number of ether oxygens (including phenoxy) is 1. The number of carbonyl (C=O) groups excluding carboxylic acids is 2. The van der Waals surface area contributed by atoms with Crippen molar-refractivity contribution in [2.24, 2.45) is 0 Å². The molecule has 144 valence electrons. The van der Waals surface area contributed by atoms with Gasteiger partial charge < -0.3 is 15.0 Å². The zero-order valence-corrected chi connectivity index (χ0v) is 16.9. The fourth-order valence-electron chi connectivity index (χ4n) is 2.61. The van der Waals surface area contributed by atoms with Crippen LogP contribution in [0.15, 0.2) is 46.9 Å². The summed E-state index contributed by atoms with van der Waals surface area (Å²) < 4.78 is 19.7. The van der Waals surface area contributed by atoms with Crippen LogP contribution in [0.4, 0.5) is 10.1 Å². The summed E-state index contributed by atoms with van der Waals surface area (Å²) in [6, 6.07) is 11.8. The first-order valence-electron chi connectivity index (χ1n) is 8.59. The van der Waals surface area contributed by atoms with Gasteiger partial charge in [-0.3, -0.25) is 9.59 Å². The Morgan fingerprint density at radius 2 is 1.96 bits per heavy atom. The maximum Gasteiger partial charge on any atom is 0.244 e. The van der Waals surface area contributed by atoms with E-state index in [1.807, 2.05) is 0 Å². The number of aryl methyl sites for hydroxylation is 1. The number of likely N-dealkylation sites (N-methyl/N-ethyl adjacent to an activating group) is 1. The van der Waals surface area contributed by atoms with E-state index < -0.39 is 0 Å². The van der Waals surface area contributed by atoms with E-state index in [4.69, 9.17) is 4.74 Å². The van der Waals surface area contributed by atoms with Crippen LogP contribution in [0.1, 0.15) is 18.9 Å². The van der Waals surface area contributed by atoms with Crippen LogP contribution < -0.4 is 10.1 Å². The molecule has 0 fully saturated rings. The number of methoxy groups -OCH3 is 1. The molecule has 0 saturated carbocycles. The van der Waals surface area contributed by atoms with Crippen LogP contribution in [0, 0.1) is 5.82 Å².